The van der Waals surface area contributed by atoms with Gasteiger partial charge in [0.05, 0.1) is 13.2 Å². The highest BCUT2D eigenvalue weighted by Gasteiger charge is 2.11. The van der Waals surface area contributed by atoms with Gasteiger partial charge in [-0.15, -0.1) is 22.7 Å². The standard InChI is InChI=1S/C14H13NO2S2/c16-7-2-1-4-11-6-9-19-13(11)14(17)15-10-12-5-3-8-18-12/h3,5-6,8-9,16H,2,7,10H2,(H,15,17). The summed E-state index contributed by atoms with van der Waals surface area (Å²) < 4.78 is 0. The highest BCUT2D eigenvalue weighted by Crippen LogP contribution is 2.16. The predicted molar refractivity (Wildman–Crippen MR) is 78.4 cm³/mol. The second-order valence-electron chi connectivity index (χ2n) is 3.70. The van der Waals surface area contributed by atoms with Crippen molar-refractivity contribution in [1.29, 1.82) is 0 Å². The Labute approximate surface area is 119 Å². The Kier molecular flexibility index (Phi) is 5.16. The molecule has 0 aliphatic carbocycles. The van der Waals surface area contributed by atoms with E-state index in [9.17, 15) is 4.79 Å². The van der Waals surface area contributed by atoms with Crippen molar-refractivity contribution in [1.82, 2.24) is 5.32 Å². The molecule has 98 valence electrons. The molecule has 2 aromatic heterocycles. The van der Waals surface area contributed by atoms with Crippen molar-refractivity contribution < 1.29 is 9.90 Å². The van der Waals surface area contributed by atoms with Crippen LogP contribution in [-0.4, -0.2) is 17.6 Å². The van der Waals surface area contributed by atoms with E-state index >= 15 is 0 Å². The van der Waals surface area contributed by atoms with Crippen molar-refractivity contribution in [3.8, 4) is 11.8 Å². The van der Waals surface area contributed by atoms with Crippen molar-refractivity contribution >= 4 is 28.6 Å². The van der Waals surface area contributed by atoms with E-state index < -0.39 is 0 Å². The van der Waals surface area contributed by atoms with Crippen LogP contribution in [0.15, 0.2) is 29.0 Å². The van der Waals surface area contributed by atoms with Crippen molar-refractivity contribution in [2.75, 3.05) is 6.61 Å². The highest BCUT2D eigenvalue weighted by atomic mass is 32.1. The lowest BCUT2D eigenvalue weighted by atomic mass is 10.2. The predicted octanol–water partition coefficient (Wildman–Crippen LogP) is 2.47. The molecular formula is C14H13NO2S2. The van der Waals surface area contributed by atoms with Crippen molar-refractivity contribution in [3.05, 3.63) is 44.3 Å². The molecule has 0 aliphatic rings. The zero-order chi connectivity index (χ0) is 13.5. The zero-order valence-corrected chi connectivity index (χ0v) is 11.8. The van der Waals surface area contributed by atoms with Gasteiger partial charge < -0.3 is 10.4 Å². The van der Waals surface area contributed by atoms with E-state index in [1.807, 2.05) is 29.0 Å². The van der Waals surface area contributed by atoms with Crippen molar-refractivity contribution in [2.24, 2.45) is 0 Å². The molecule has 0 fully saturated rings. The Balaban J connectivity index is 1.99. The third kappa shape index (κ3) is 3.93. The number of aliphatic hydroxyl groups is 1. The van der Waals surface area contributed by atoms with E-state index in [2.05, 4.69) is 17.2 Å². The third-order valence-corrected chi connectivity index (χ3v) is 4.12. The summed E-state index contributed by atoms with van der Waals surface area (Å²) in [6.45, 7) is 0.578. The normalized spacial score (nSPS) is 9.74. The molecule has 0 saturated heterocycles. The number of hydrogen-bond donors (Lipinski definition) is 2. The van der Waals surface area contributed by atoms with Gasteiger partial charge in [0.2, 0.25) is 0 Å². The molecule has 19 heavy (non-hydrogen) atoms. The molecule has 5 heteroatoms. The first kappa shape index (κ1) is 13.8. The monoisotopic (exact) mass is 291 g/mol. The summed E-state index contributed by atoms with van der Waals surface area (Å²) in [4.78, 5) is 13.8. The minimum atomic E-state index is -0.100. The summed E-state index contributed by atoms with van der Waals surface area (Å²) >= 11 is 3.00. The molecule has 0 bridgehead atoms. The average Bonchev–Trinajstić information content (AvgIpc) is 3.07. The highest BCUT2D eigenvalue weighted by molar-refractivity contribution is 7.12. The van der Waals surface area contributed by atoms with Crippen LogP contribution < -0.4 is 5.32 Å². The van der Waals surface area contributed by atoms with Crippen LogP contribution in [0.1, 0.15) is 26.5 Å². The van der Waals surface area contributed by atoms with E-state index in [4.69, 9.17) is 5.11 Å². The summed E-state index contributed by atoms with van der Waals surface area (Å²) in [5.74, 6) is 5.64. The fraction of sp³-hybridized carbons (Fsp3) is 0.214. The van der Waals surface area contributed by atoms with Gasteiger partial charge in [-0.1, -0.05) is 17.9 Å². The largest absolute Gasteiger partial charge is 0.395 e. The van der Waals surface area contributed by atoms with Gasteiger partial charge in [-0.25, -0.2) is 0 Å². The molecule has 0 saturated carbocycles. The van der Waals surface area contributed by atoms with Crippen LogP contribution in [0.3, 0.4) is 0 Å². The first-order valence-electron chi connectivity index (χ1n) is 5.79. The lowest BCUT2D eigenvalue weighted by Gasteiger charge is -2.02. The molecule has 2 N–H and O–H groups in total. The average molecular weight is 291 g/mol. The molecule has 0 aliphatic heterocycles. The number of rotatable bonds is 4. The molecule has 0 unspecified atom stereocenters. The van der Waals surface area contributed by atoms with Crippen LogP contribution in [0, 0.1) is 11.8 Å². The third-order valence-electron chi connectivity index (χ3n) is 2.33. The Morgan fingerprint density at radius 2 is 2.21 bits per heavy atom. The second kappa shape index (κ2) is 7.10. The topological polar surface area (TPSA) is 49.3 Å². The number of carbonyl (C=O) groups excluding carboxylic acids is 1. The summed E-state index contributed by atoms with van der Waals surface area (Å²) in [5.41, 5.74) is 0.724. The van der Waals surface area contributed by atoms with Gasteiger partial charge in [0.15, 0.2) is 0 Å². The van der Waals surface area contributed by atoms with Gasteiger partial charge in [-0.3, -0.25) is 4.79 Å². The Bertz CT molecular complexity index is 590. The summed E-state index contributed by atoms with van der Waals surface area (Å²) in [6, 6.07) is 5.78. The van der Waals surface area contributed by atoms with Gasteiger partial charge in [0, 0.05) is 16.9 Å². The van der Waals surface area contributed by atoms with Crippen molar-refractivity contribution in [2.45, 2.75) is 13.0 Å². The SMILES string of the molecule is O=C(NCc1cccs1)c1sccc1C#CCCO. The number of amides is 1. The van der Waals surface area contributed by atoms with Gasteiger partial charge in [0.1, 0.15) is 4.88 Å². The fourth-order valence-electron chi connectivity index (χ4n) is 1.46. The fourth-order valence-corrected chi connectivity index (χ4v) is 2.87. The van der Waals surface area contributed by atoms with Crippen LogP contribution in [0.25, 0.3) is 0 Å². The number of thiophene rings is 2. The maximum absolute atomic E-state index is 12.0. The van der Waals surface area contributed by atoms with Gasteiger partial charge in [0.25, 0.3) is 5.91 Å². The maximum atomic E-state index is 12.0. The maximum Gasteiger partial charge on any atom is 0.262 e. The van der Waals surface area contributed by atoms with E-state index in [0.29, 0.717) is 17.8 Å². The first-order valence-corrected chi connectivity index (χ1v) is 7.55. The Morgan fingerprint density at radius 1 is 1.32 bits per heavy atom. The minimum Gasteiger partial charge on any atom is -0.395 e. The molecule has 0 radical (unpaired) electrons. The molecule has 3 nitrogen and oxygen atoms in total. The van der Waals surface area contributed by atoms with Crippen LogP contribution in [0.5, 0.6) is 0 Å². The van der Waals surface area contributed by atoms with E-state index in [0.717, 1.165) is 10.4 Å². The van der Waals surface area contributed by atoms with Crippen LogP contribution in [0.2, 0.25) is 0 Å². The zero-order valence-electron chi connectivity index (χ0n) is 10.2. The summed E-state index contributed by atoms with van der Waals surface area (Å²) in [6.07, 6.45) is 0.423. The van der Waals surface area contributed by atoms with Crippen LogP contribution in [-0.2, 0) is 6.54 Å². The van der Waals surface area contributed by atoms with Gasteiger partial charge in [-0.2, -0.15) is 0 Å². The quantitative estimate of drug-likeness (QED) is 0.850. The van der Waals surface area contributed by atoms with Crippen LogP contribution in [0.4, 0.5) is 0 Å². The molecule has 2 rings (SSSR count). The molecule has 0 spiro atoms. The lowest BCUT2D eigenvalue weighted by Crippen LogP contribution is -2.22. The molecule has 0 atom stereocenters. The van der Waals surface area contributed by atoms with Gasteiger partial charge >= 0.3 is 0 Å². The van der Waals surface area contributed by atoms with E-state index in [-0.39, 0.29) is 12.5 Å². The molecule has 2 heterocycles. The number of carbonyl (C=O) groups is 1. The summed E-state index contributed by atoms with van der Waals surface area (Å²) in [5, 5.41) is 15.4. The minimum absolute atomic E-state index is 0.0387. The number of hydrogen-bond acceptors (Lipinski definition) is 4. The van der Waals surface area contributed by atoms with Crippen molar-refractivity contribution in [3.63, 3.8) is 0 Å². The molecule has 0 aromatic carbocycles. The van der Waals surface area contributed by atoms with Crippen LogP contribution >= 0.6 is 22.7 Å². The van der Waals surface area contributed by atoms with Gasteiger partial charge in [-0.05, 0) is 22.9 Å². The molecular weight excluding hydrogens is 278 g/mol. The van der Waals surface area contributed by atoms with E-state index in [1.165, 1.54) is 11.3 Å². The second-order valence-corrected chi connectivity index (χ2v) is 5.65. The van der Waals surface area contributed by atoms with E-state index in [1.54, 1.807) is 11.3 Å². The Hall–Kier alpha value is -1.61. The number of aliphatic hydroxyl groups excluding tert-OH is 1. The molecule has 1 amide bonds. The smallest absolute Gasteiger partial charge is 0.262 e. The first-order chi connectivity index (χ1) is 9.31. The number of nitrogens with one attached hydrogen (secondary N) is 1. The molecule has 2 aromatic rings. The lowest BCUT2D eigenvalue weighted by molar-refractivity contribution is 0.0955. The Morgan fingerprint density at radius 3 is 2.95 bits per heavy atom. The summed E-state index contributed by atoms with van der Waals surface area (Å²) in [7, 11) is 0.